The zero-order chi connectivity index (χ0) is 13.6. The van der Waals surface area contributed by atoms with Gasteiger partial charge in [0.2, 0.25) is 5.91 Å². The minimum Gasteiger partial charge on any atom is -0.355 e. The lowest BCUT2D eigenvalue weighted by atomic mass is 9.97. The molecule has 1 aliphatic rings. The van der Waals surface area contributed by atoms with Crippen LogP contribution in [-0.4, -0.2) is 64.0 Å². The molecule has 1 rings (SSSR count). The van der Waals surface area contributed by atoms with Gasteiger partial charge < -0.3 is 16.0 Å². The second-order valence-corrected chi connectivity index (χ2v) is 7.11. The summed E-state index contributed by atoms with van der Waals surface area (Å²) in [5.41, 5.74) is 5.34. The molecule has 1 unspecified atom stereocenters. The number of amides is 1. The average molecular weight is 277 g/mol. The predicted molar refractivity (Wildman–Crippen MR) is 70.9 cm³/mol. The Balaban J connectivity index is 2.38. The normalized spacial score (nSPS) is 21.8. The third-order valence-electron chi connectivity index (χ3n) is 3.10. The molecule has 0 aliphatic carbocycles. The first-order valence-corrected chi connectivity index (χ1v) is 8.36. The van der Waals surface area contributed by atoms with Crippen molar-refractivity contribution in [2.75, 3.05) is 44.7 Å². The van der Waals surface area contributed by atoms with E-state index in [4.69, 9.17) is 5.73 Å². The molecular formula is C11H23N3O3S. The molecule has 1 heterocycles. The van der Waals surface area contributed by atoms with E-state index in [1.807, 2.05) is 0 Å². The van der Waals surface area contributed by atoms with Crippen LogP contribution in [0.3, 0.4) is 0 Å². The lowest BCUT2D eigenvalue weighted by Crippen LogP contribution is -2.45. The molecule has 0 aromatic carbocycles. The Morgan fingerprint density at radius 3 is 2.83 bits per heavy atom. The monoisotopic (exact) mass is 277 g/mol. The van der Waals surface area contributed by atoms with Crippen molar-refractivity contribution in [1.29, 1.82) is 0 Å². The number of nitrogens with two attached hydrogens (primary N) is 1. The molecule has 3 N–H and O–H groups in total. The molecule has 18 heavy (non-hydrogen) atoms. The summed E-state index contributed by atoms with van der Waals surface area (Å²) in [4.78, 5) is 13.8. The van der Waals surface area contributed by atoms with Crippen molar-refractivity contribution in [2.24, 2.45) is 11.7 Å². The van der Waals surface area contributed by atoms with Crippen LogP contribution in [0.25, 0.3) is 0 Å². The first kappa shape index (κ1) is 15.4. The fourth-order valence-electron chi connectivity index (χ4n) is 2.11. The van der Waals surface area contributed by atoms with Gasteiger partial charge in [-0.1, -0.05) is 0 Å². The van der Waals surface area contributed by atoms with E-state index in [0.717, 1.165) is 19.4 Å². The summed E-state index contributed by atoms with van der Waals surface area (Å²) in [6.07, 6.45) is 3.04. The molecule has 1 amide bonds. The molecule has 0 saturated carbocycles. The van der Waals surface area contributed by atoms with Gasteiger partial charge in [0.1, 0.15) is 9.84 Å². The second-order valence-electron chi connectivity index (χ2n) is 4.85. The molecule has 0 aromatic heterocycles. The lowest BCUT2D eigenvalue weighted by molar-refractivity contribution is -0.126. The van der Waals surface area contributed by atoms with Gasteiger partial charge in [0.15, 0.2) is 0 Å². The van der Waals surface area contributed by atoms with Gasteiger partial charge in [-0.25, -0.2) is 8.42 Å². The number of hydrogen-bond acceptors (Lipinski definition) is 5. The zero-order valence-electron chi connectivity index (χ0n) is 10.9. The van der Waals surface area contributed by atoms with Crippen LogP contribution in [0.15, 0.2) is 0 Å². The summed E-state index contributed by atoms with van der Waals surface area (Å²) in [6, 6.07) is 0. The summed E-state index contributed by atoms with van der Waals surface area (Å²) in [5, 5.41) is 2.79. The first-order chi connectivity index (χ1) is 8.42. The van der Waals surface area contributed by atoms with Crippen molar-refractivity contribution >= 4 is 15.7 Å². The topological polar surface area (TPSA) is 92.5 Å². The number of carbonyl (C=O) groups is 1. The largest absolute Gasteiger partial charge is 0.355 e. The number of sulfone groups is 1. The fraction of sp³-hybridized carbons (Fsp3) is 0.909. The SMILES string of the molecule is CS(=O)(=O)CCN1CCCC(C(=O)NCCN)C1. The van der Waals surface area contributed by atoms with Crippen molar-refractivity contribution in [3.63, 3.8) is 0 Å². The van der Waals surface area contributed by atoms with E-state index in [2.05, 4.69) is 10.2 Å². The summed E-state index contributed by atoms with van der Waals surface area (Å²) < 4.78 is 22.2. The highest BCUT2D eigenvalue weighted by Gasteiger charge is 2.25. The van der Waals surface area contributed by atoms with Gasteiger partial charge in [-0.3, -0.25) is 4.79 Å². The molecule has 0 aromatic rings. The molecule has 106 valence electrons. The van der Waals surface area contributed by atoms with Gasteiger partial charge in [0.25, 0.3) is 0 Å². The third-order valence-corrected chi connectivity index (χ3v) is 4.02. The molecule has 1 saturated heterocycles. The maximum atomic E-state index is 11.8. The fourth-order valence-corrected chi connectivity index (χ4v) is 2.70. The van der Waals surface area contributed by atoms with Crippen LogP contribution < -0.4 is 11.1 Å². The Hall–Kier alpha value is -0.660. The smallest absolute Gasteiger partial charge is 0.224 e. The van der Waals surface area contributed by atoms with Crippen LogP contribution >= 0.6 is 0 Å². The van der Waals surface area contributed by atoms with Crippen LogP contribution in [-0.2, 0) is 14.6 Å². The van der Waals surface area contributed by atoms with Crippen molar-refractivity contribution in [1.82, 2.24) is 10.2 Å². The van der Waals surface area contributed by atoms with Crippen molar-refractivity contribution < 1.29 is 13.2 Å². The Morgan fingerprint density at radius 1 is 1.50 bits per heavy atom. The van der Waals surface area contributed by atoms with Crippen LogP contribution in [0.4, 0.5) is 0 Å². The maximum Gasteiger partial charge on any atom is 0.224 e. The molecule has 0 radical (unpaired) electrons. The number of nitrogens with one attached hydrogen (secondary N) is 1. The number of likely N-dealkylation sites (tertiary alicyclic amines) is 1. The molecule has 1 atom stereocenters. The van der Waals surface area contributed by atoms with Gasteiger partial charge in [0, 0.05) is 32.4 Å². The van der Waals surface area contributed by atoms with Gasteiger partial charge in [-0.2, -0.15) is 0 Å². The Bertz CT molecular complexity index is 370. The first-order valence-electron chi connectivity index (χ1n) is 6.30. The summed E-state index contributed by atoms with van der Waals surface area (Å²) in [6.45, 7) is 2.97. The molecule has 0 bridgehead atoms. The number of hydrogen-bond donors (Lipinski definition) is 2. The van der Waals surface area contributed by atoms with Crippen molar-refractivity contribution in [3.8, 4) is 0 Å². The van der Waals surface area contributed by atoms with E-state index in [1.54, 1.807) is 0 Å². The van der Waals surface area contributed by atoms with E-state index in [9.17, 15) is 13.2 Å². The molecule has 1 fully saturated rings. The molecule has 0 spiro atoms. The van der Waals surface area contributed by atoms with E-state index in [1.165, 1.54) is 6.26 Å². The maximum absolute atomic E-state index is 11.8. The highest BCUT2D eigenvalue weighted by Crippen LogP contribution is 2.16. The average Bonchev–Trinajstić information content (AvgIpc) is 2.33. The van der Waals surface area contributed by atoms with E-state index >= 15 is 0 Å². The van der Waals surface area contributed by atoms with Gasteiger partial charge in [0.05, 0.1) is 11.7 Å². The highest BCUT2D eigenvalue weighted by atomic mass is 32.2. The molecule has 6 nitrogen and oxygen atoms in total. The number of nitrogens with zero attached hydrogens (tertiary/aromatic N) is 1. The highest BCUT2D eigenvalue weighted by molar-refractivity contribution is 7.90. The summed E-state index contributed by atoms with van der Waals surface area (Å²) in [7, 11) is -2.93. The Morgan fingerprint density at radius 2 is 2.22 bits per heavy atom. The van der Waals surface area contributed by atoms with Crippen LogP contribution in [0, 0.1) is 5.92 Å². The molecular weight excluding hydrogens is 254 g/mol. The van der Waals surface area contributed by atoms with Crippen LogP contribution in [0.2, 0.25) is 0 Å². The summed E-state index contributed by atoms with van der Waals surface area (Å²) in [5.74, 6) is 0.152. The van der Waals surface area contributed by atoms with Crippen LogP contribution in [0.1, 0.15) is 12.8 Å². The van der Waals surface area contributed by atoms with Gasteiger partial charge in [-0.15, -0.1) is 0 Å². The van der Waals surface area contributed by atoms with E-state index < -0.39 is 9.84 Å². The van der Waals surface area contributed by atoms with Gasteiger partial charge in [-0.05, 0) is 19.4 Å². The van der Waals surface area contributed by atoms with Crippen molar-refractivity contribution in [2.45, 2.75) is 12.8 Å². The van der Waals surface area contributed by atoms with E-state index in [-0.39, 0.29) is 17.6 Å². The van der Waals surface area contributed by atoms with E-state index in [0.29, 0.717) is 26.2 Å². The minimum absolute atomic E-state index is 0.0319. The minimum atomic E-state index is -2.93. The van der Waals surface area contributed by atoms with Crippen LogP contribution in [0.5, 0.6) is 0 Å². The third kappa shape index (κ3) is 5.79. The zero-order valence-corrected chi connectivity index (χ0v) is 11.7. The number of carbonyl (C=O) groups excluding carboxylic acids is 1. The summed E-state index contributed by atoms with van der Waals surface area (Å²) >= 11 is 0. The number of piperidine rings is 1. The molecule has 1 aliphatic heterocycles. The Labute approximate surface area is 109 Å². The quantitative estimate of drug-likeness (QED) is 0.637. The predicted octanol–water partition coefficient (Wildman–Crippen LogP) is -1.18. The van der Waals surface area contributed by atoms with Gasteiger partial charge >= 0.3 is 0 Å². The number of rotatable bonds is 6. The second kappa shape index (κ2) is 7.06. The standard InChI is InChI=1S/C11H23N3O3S/c1-18(16,17)8-7-14-6-2-3-10(9-14)11(15)13-5-4-12/h10H,2-9,12H2,1H3,(H,13,15). The Kier molecular flexibility index (Phi) is 6.04. The molecule has 7 heteroatoms. The lowest BCUT2D eigenvalue weighted by Gasteiger charge is -2.31. The van der Waals surface area contributed by atoms with Crippen molar-refractivity contribution in [3.05, 3.63) is 0 Å².